The molecule has 0 aliphatic carbocycles. The largest absolute Gasteiger partial charge is 0.314 e. The van der Waals surface area contributed by atoms with Crippen LogP contribution in [0, 0.1) is 0 Å². The molecule has 90 valence electrons. The maximum Gasteiger partial charge on any atom is 0.0101 e. The topological polar surface area (TPSA) is 27.3 Å². The maximum atomic E-state index is 3.60. The van der Waals surface area contributed by atoms with Crippen LogP contribution in [-0.4, -0.2) is 50.7 Å². The zero-order chi connectivity index (χ0) is 11.1. The third-order valence-corrected chi connectivity index (χ3v) is 3.10. The second kappa shape index (κ2) is 7.20. The first-order valence-corrected chi connectivity index (χ1v) is 6.30. The lowest BCUT2D eigenvalue weighted by molar-refractivity contribution is 0.332. The molecular formula is C12H27N3. The molecule has 0 aromatic carbocycles. The van der Waals surface area contributed by atoms with Gasteiger partial charge in [-0.2, -0.15) is 0 Å². The molecule has 0 amide bonds. The second-order valence-corrected chi connectivity index (χ2v) is 5.04. The van der Waals surface area contributed by atoms with Crippen molar-refractivity contribution in [2.24, 2.45) is 0 Å². The summed E-state index contributed by atoms with van der Waals surface area (Å²) in [4.78, 5) is 2.22. The highest BCUT2D eigenvalue weighted by molar-refractivity contribution is 4.76. The van der Waals surface area contributed by atoms with E-state index in [0.717, 1.165) is 19.1 Å². The minimum absolute atomic E-state index is 0.639. The van der Waals surface area contributed by atoms with E-state index in [-0.39, 0.29) is 0 Å². The highest BCUT2D eigenvalue weighted by Gasteiger charge is 2.15. The smallest absolute Gasteiger partial charge is 0.0101 e. The normalized spacial score (nSPS) is 24.4. The van der Waals surface area contributed by atoms with E-state index >= 15 is 0 Å². The third-order valence-electron chi connectivity index (χ3n) is 3.10. The van der Waals surface area contributed by atoms with Gasteiger partial charge in [0, 0.05) is 25.2 Å². The molecule has 2 N–H and O–H groups in total. The first-order valence-electron chi connectivity index (χ1n) is 6.30. The van der Waals surface area contributed by atoms with Gasteiger partial charge in [-0.15, -0.1) is 0 Å². The minimum atomic E-state index is 0.639. The molecular weight excluding hydrogens is 186 g/mol. The molecule has 1 fully saturated rings. The first kappa shape index (κ1) is 12.9. The van der Waals surface area contributed by atoms with E-state index in [9.17, 15) is 0 Å². The number of likely N-dealkylation sites (N-methyl/N-ethyl adjacent to an activating group) is 1. The van der Waals surface area contributed by atoms with Gasteiger partial charge < -0.3 is 15.5 Å². The van der Waals surface area contributed by atoms with Crippen LogP contribution in [0.3, 0.4) is 0 Å². The summed E-state index contributed by atoms with van der Waals surface area (Å²) in [5, 5.41) is 7.18. The van der Waals surface area contributed by atoms with Crippen LogP contribution in [0.5, 0.6) is 0 Å². The van der Waals surface area contributed by atoms with Crippen molar-refractivity contribution >= 4 is 0 Å². The van der Waals surface area contributed by atoms with E-state index in [4.69, 9.17) is 0 Å². The molecule has 3 nitrogen and oxygen atoms in total. The standard InChI is InChI=1S/C12H27N3/c1-11(13-8-9-15(2)3)10-12-6-4-5-7-14-12/h11-14H,4-10H2,1-3H3. The van der Waals surface area contributed by atoms with E-state index in [0.29, 0.717) is 6.04 Å². The third kappa shape index (κ3) is 6.13. The minimum Gasteiger partial charge on any atom is -0.314 e. The average molecular weight is 213 g/mol. The summed E-state index contributed by atoms with van der Waals surface area (Å²) in [5.41, 5.74) is 0. The lowest BCUT2D eigenvalue weighted by Gasteiger charge is -2.26. The predicted molar refractivity (Wildman–Crippen MR) is 66.3 cm³/mol. The molecule has 0 saturated carbocycles. The van der Waals surface area contributed by atoms with E-state index in [2.05, 4.69) is 36.6 Å². The SMILES string of the molecule is CC(CC1CCCCN1)NCCN(C)C. The summed E-state index contributed by atoms with van der Waals surface area (Å²) in [6.07, 6.45) is 5.40. The van der Waals surface area contributed by atoms with Crippen LogP contribution in [0.1, 0.15) is 32.6 Å². The summed E-state index contributed by atoms with van der Waals surface area (Å²) < 4.78 is 0. The van der Waals surface area contributed by atoms with Gasteiger partial charge in [0.2, 0.25) is 0 Å². The summed E-state index contributed by atoms with van der Waals surface area (Å²) >= 11 is 0. The summed E-state index contributed by atoms with van der Waals surface area (Å²) in [6, 6.07) is 1.39. The Morgan fingerprint density at radius 2 is 2.20 bits per heavy atom. The van der Waals surface area contributed by atoms with E-state index < -0.39 is 0 Å². The fourth-order valence-electron chi connectivity index (χ4n) is 2.17. The van der Waals surface area contributed by atoms with Crippen molar-refractivity contribution < 1.29 is 0 Å². The van der Waals surface area contributed by atoms with Gasteiger partial charge in [0.1, 0.15) is 0 Å². The van der Waals surface area contributed by atoms with Crippen LogP contribution >= 0.6 is 0 Å². The zero-order valence-electron chi connectivity index (χ0n) is 10.6. The number of nitrogens with zero attached hydrogens (tertiary/aromatic N) is 1. The van der Waals surface area contributed by atoms with Crippen LogP contribution < -0.4 is 10.6 Å². The molecule has 15 heavy (non-hydrogen) atoms. The van der Waals surface area contributed by atoms with Gasteiger partial charge in [0.25, 0.3) is 0 Å². The van der Waals surface area contributed by atoms with Crippen LogP contribution in [-0.2, 0) is 0 Å². The highest BCUT2D eigenvalue weighted by atomic mass is 15.1. The van der Waals surface area contributed by atoms with E-state index in [1.807, 2.05) is 0 Å². The van der Waals surface area contributed by atoms with Gasteiger partial charge in [-0.05, 0) is 46.8 Å². The van der Waals surface area contributed by atoms with Crippen molar-refractivity contribution in [3.63, 3.8) is 0 Å². The Hall–Kier alpha value is -0.120. The van der Waals surface area contributed by atoms with Gasteiger partial charge in [-0.1, -0.05) is 6.42 Å². The number of hydrogen-bond acceptors (Lipinski definition) is 3. The molecule has 2 atom stereocenters. The molecule has 0 spiro atoms. The molecule has 1 aliphatic heterocycles. The zero-order valence-corrected chi connectivity index (χ0v) is 10.6. The molecule has 0 aromatic heterocycles. The lowest BCUT2D eigenvalue weighted by atomic mass is 9.99. The maximum absolute atomic E-state index is 3.60. The Bertz CT molecular complexity index is 153. The molecule has 1 saturated heterocycles. The van der Waals surface area contributed by atoms with Crippen molar-refractivity contribution in [1.29, 1.82) is 0 Å². The quantitative estimate of drug-likeness (QED) is 0.691. The lowest BCUT2D eigenvalue weighted by Crippen LogP contribution is -2.41. The average Bonchev–Trinajstić information content (AvgIpc) is 2.18. The highest BCUT2D eigenvalue weighted by Crippen LogP contribution is 2.11. The fraction of sp³-hybridized carbons (Fsp3) is 1.00. The summed E-state index contributed by atoms with van der Waals surface area (Å²) in [7, 11) is 4.24. The summed E-state index contributed by atoms with van der Waals surface area (Å²) in [5.74, 6) is 0. The molecule has 3 heteroatoms. The van der Waals surface area contributed by atoms with Gasteiger partial charge >= 0.3 is 0 Å². The Balaban J connectivity index is 2.03. The number of piperidine rings is 1. The van der Waals surface area contributed by atoms with Crippen LogP contribution in [0.15, 0.2) is 0 Å². The summed E-state index contributed by atoms with van der Waals surface area (Å²) in [6.45, 7) is 5.74. The van der Waals surface area contributed by atoms with Crippen LogP contribution in [0.4, 0.5) is 0 Å². The van der Waals surface area contributed by atoms with Crippen molar-refractivity contribution in [2.75, 3.05) is 33.7 Å². The van der Waals surface area contributed by atoms with Gasteiger partial charge in [-0.25, -0.2) is 0 Å². The molecule has 1 heterocycles. The van der Waals surface area contributed by atoms with Crippen LogP contribution in [0.25, 0.3) is 0 Å². The number of nitrogens with one attached hydrogen (secondary N) is 2. The van der Waals surface area contributed by atoms with Gasteiger partial charge in [-0.3, -0.25) is 0 Å². The number of hydrogen-bond donors (Lipinski definition) is 2. The molecule has 1 rings (SSSR count). The Labute approximate surface area is 94.6 Å². The monoisotopic (exact) mass is 213 g/mol. The number of rotatable bonds is 6. The van der Waals surface area contributed by atoms with Crippen LogP contribution in [0.2, 0.25) is 0 Å². The molecule has 0 bridgehead atoms. The molecule has 0 radical (unpaired) electrons. The van der Waals surface area contributed by atoms with E-state index in [1.54, 1.807) is 0 Å². The Morgan fingerprint density at radius 3 is 2.80 bits per heavy atom. The van der Waals surface area contributed by atoms with E-state index in [1.165, 1.54) is 32.2 Å². The van der Waals surface area contributed by atoms with Gasteiger partial charge in [0.05, 0.1) is 0 Å². The first-order chi connectivity index (χ1) is 7.18. The molecule has 2 unspecified atom stereocenters. The Morgan fingerprint density at radius 1 is 1.40 bits per heavy atom. The van der Waals surface area contributed by atoms with Gasteiger partial charge in [0.15, 0.2) is 0 Å². The fourth-order valence-corrected chi connectivity index (χ4v) is 2.17. The van der Waals surface area contributed by atoms with Crippen molar-refractivity contribution in [3.8, 4) is 0 Å². The van der Waals surface area contributed by atoms with Crippen molar-refractivity contribution in [1.82, 2.24) is 15.5 Å². The van der Waals surface area contributed by atoms with Crippen molar-refractivity contribution in [3.05, 3.63) is 0 Å². The van der Waals surface area contributed by atoms with Crippen molar-refractivity contribution in [2.45, 2.75) is 44.7 Å². The Kier molecular flexibility index (Phi) is 6.22. The second-order valence-electron chi connectivity index (χ2n) is 5.04. The molecule has 1 aliphatic rings. The molecule has 0 aromatic rings. The predicted octanol–water partition coefficient (Wildman–Crippen LogP) is 1.06.